The summed E-state index contributed by atoms with van der Waals surface area (Å²) in [6, 6.07) is 11.1. The van der Waals surface area contributed by atoms with Crippen LogP contribution in [0.25, 0.3) is 16.9 Å². The van der Waals surface area contributed by atoms with E-state index in [2.05, 4.69) is 26.8 Å². The summed E-state index contributed by atoms with van der Waals surface area (Å²) in [5.41, 5.74) is 2.25. The lowest BCUT2D eigenvalue weighted by atomic mass is 10.0. The summed E-state index contributed by atoms with van der Waals surface area (Å²) < 4.78 is 21.6. The van der Waals surface area contributed by atoms with E-state index in [-0.39, 0.29) is 12.1 Å². The van der Waals surface area contributed by atoms with E-state index >= 15 is 0 Å². The van der Waals surface area contributed by atoms with Gasteiger partial charge in [-0.1, -0.05) is 0 Å². The Balaban J connectivity index is 1.50. The Hall–Kier alpha value is -4.23. The Morgan fingerprint density at radius 3 is 2.80 bits per heavy atom. The topological polar surface area (TPSA) is 128 Å². The molecule has 5 rings (SSSR count). The number of halogens is 1. The Labute approximate surface area is 200 Å². The van der Waals surface area contributed by atoms with Crippen molar-refractivity contribution in [2.75, 3.05) is 11.9 Å². The highest BCUT2D eigenvalue weighted by Gasteiger charge is 2.28. The van der Waals surface area contributed by atoms with Gasteiger partial charge in [0.25, 0.3) is 5.91 Å². The van der Waals surface area contributed by atoms with Crippen molar-refractivity contribution in [2.24, 2.45) is 0 Å². The molecule has 35 heavy (non-hydrogen) atoms. The van der Waals surface area contributed by atoms with Crippen LogP contribution in [0.15, 0.2) is 47.1 Å². The van der Waals surface area contributed by atoms with Crippen LogP contribution in [-0.2, 0) is 12.8 Å². The molecule has 1 aliphatic heterocycles. The van der Waals surface area contributed by atoms with Crippen LogP contribution in [0.5, 0.6) is 0 Å². The zero-order valence-corrected chi connectivity index (χ0v) is 19.2. The second-order valence-corrected chi connectivity index (χ2v) is 9.03. The van der Waals surface area contributed by atoms with Gasteiger partial charge in [-0.2, -0.15) is 10.4 Å². The Bertz CT molecular complexity index is 1480. The molecular formula is C25H23FN6O3. The predicted molar refractivity (Wildman–Crippen MR) is 126 cm³/mol. The van der Waals surface area contributed by atoms with Crippen LogP contribution in [0.4, 0.5) is 15.8 Å². The van der Waals surface area contributed by atoms with Gasteiger partial charge in [0.05, 0.1) is 57.7 Å². The Morgan fingerprint density at radius 1 is 1.29 bits per heavy atom. The van der Waals surface area contributed by atoms with Crippen LogP contribution < -0.4 is 10.6 Å². The second-order valence-electron chi connectivity index (χ2n) is 9.03. The standard InChI is InChI=1S/C25H23FN6O3/c1-25(2,34)23(26)13-29-24(33)17-12-28-19(9-18(17)31-20-8-16-4-6-22(20)35-16)21-5-3-15-7-14(10-27)11-30-32(15)21/h3,5,7-9,11-12,23,34H,4,6,13H2,1-2H3,(H,28,31)(H,29,33)/t23-/m1/s1. The predicted octanol–water partition coefficient (Wildman–Crippen LogP) is 3.54. The fourth-order valence-electron chi connectivity index (χ4n) is 3.94. The first kappa shape index (κ1) is 22.6. The van der Waals surface area contributed by atoms with Crippen LogP contribution >= 0.6 is 0 Å². The molecule has 5 heterocycles. The smallest absolute Gasteiger partial charge is 0.255 e. The number of anilines is 2. The fraction of sp³-hybridized carbons (Fsp3) is 0.280. The van der Waals surface area contributed by atoms with E-state index in [1.54, 1.807) is 16.6 Å². The van der Waals surface area contributed by atoms with Gasteiger partial charge in [0.2, 0.25) is 0 Å². The lowest BCUT2D eigenvalue weighted by Crippen LogP contribution is -2.42. The molecule has 0 radical (unpaired) electrons. The van der Waals surface area contributed by atoms with E-state index in [0.29, 0.717) is 22.6 Å². The SMILES string of the molecule is CC(C)(O)[C@H](F)CNC(=O)c1cnc(-c2ccc3cc(C#N)cnn23)cc1Nc1cc2oc1CC2. The first-order valence-corrected chi connectivity index (χ1v) is 11.1. The summed E-state index contributed by atoms with van der Waals surface area (Å²) in [7, 11) is 0. The van der Waals surface area contributed by atoms with Crippen molar-refractivity contribution >= 4 is 22.8 Å². The number of aliphatic hydroxyl groups is 1. The minimum absolute atomic E-state index is 0.214. The molecule has 1 amide bonds. The van der Waals surface area contributed by atoms with Gasteiger partial charge >= 0.3 is 0 Å². The van der Waals surface area contributed by atoms with E-state index in [9.17, 15) is 14.3 Å². The number of pyridine rings is 1. The van der Waals surface area contributed by atoms with E-state index in [0.717, 1.165) is 35.6 Å². The monoisotopic (exact) mass is 474 g/mol. The van der Waals surface area contributed by atoms with E-state index in [4.69, 9.17) is 9.68 Å². The average Bonchev–Trinajstić information content (AvgIpc) is 3.57. The first-order chi connectivity index (χ1) is 16.7. The van der Waals surface area contributed by atoms with Gasteiger partial charge in [-0.05, 0) is 38.1 Å². The molecule has 0 aliphatic carbocycles. The van der Waals surface area contributed by atoms with Crippen LogP contribution in [0.1, 0.15) is 41.3 Å². The summed E-state index contributed by atoms with van der Waals surface area (Å²) in [6.07, 6.45) is 2.87. The third-order valence-corrected chi connectivity index (χ3v) is 5.98. The average molecular weight is 474 g/mol. The number of aryl methyl sites for hydroxylation is 2. The molecule has 1 atom stereocenters. The van der Waals surface area contributed by atoms with E-state index in [1.807, 2.05) is 18.2 Å². The number of fused-ring (bicyclic) bond motifs is 3. The molecule has 4 aromatic heterocycles. The van der Waals surface area contributed by atoms with Gasteiger partial charge in [0.1, 0.15) is 23.8 Å². The summed E-state index contributed by atoms with van der Waals surface area (Å²) >= 11 is 0. The highest BCUT2D eigenvalue weighted by molar-refractivity contribution is 6.00. The van der Waals surface area contributed by atoms with Gasteiger partial charge in [-0.15, -0.1) is 0 Å². The Morgan fingerprint density at radius 2 is 2.11 bits per heavy atom. The number of nitrogens with one attached hydrogen (secondary N) is 2. The van der Waals surface area contributed by atoms with Crippen molar-refractivity contribution in [1.82, 2.24) is 19.9 Å². The molecule has 10 heteroatoms. The molecule has 3 N–H and O–H groups in total. The molecule has 0 saturated carbocycles. The van der Waals surface area contributed by atoms with Gasteiger partial charge in [0, 0.05) is 25.1 Å². The Kier molecular flexibility index (Phi) is 5.49. The summed E-state index contributed by atoms with van der Waals surface area (Å²) in [6.45, 7) is 2.34. The minimum atomic E-state index is -1.64. The number of nitriles is 1. The van der Waals surface area contributed by atoms with Gasteiger partial charge < -0.3 is 20.2 Å². The van der Waals surface area contributed by atoms with Crippen LogP contribution in [0, 0.1) is 11.3 Å². The molecule has 0 spiro atoms. The number of aromatic nitrogens is 3. The zero-order chi connectivity index (χ0) is 24.7. The highest BCUT2D eigenvalue weighted by atomic mass is 19.1. The van der Waals surface area contributed by atoms with E-state index < -0.39 is 17.7 Å². The fourth-order valence-corrected chi connectivity index (χ4v) is 3.94. The van der Waals surface area contributed by atoms with Crippen LogP contribution in [0.3, 0.4) is 0 Å². The van der Waals surface area contributed by atoms with Gasteiger partial charge in [-0.25, -0.2) is 8.91 Å². The molecule has 1 aliphatic rings. The zero-order valence-electron chi connectivity index (χ0n) is 19.2. The quantitative estimate of drug-likeness (QED) is 0.374. The molecule has 9 nitrogen and oxygen atoms in total. The molecule has 0 fully saturated rings. The number of furan rings is 1. The highest BCUT2D eigenvalue weighted by Crippen LogP contribution is 2.34. The van der Waals surface area contributed by atoms with Crippen molar-refractivity contribution in [3.63, 3.8) is 0 Å². The summed E-state index contributed by atoms with van der Waals surface area (Å²) in [5.74, 6) is 1.13. The maximum absolute atomic E-state index is 14.2. The van der Waals surface area contributed by atoms with Crippen molar-refractivity contribution in [3.8, 4) is 17.5 Å². The number of rotatable bonds is 7. The number of amides is 1. The summed E-state index contributed by atoms with van der Waals surface area (Å²) in [5, 5.41) is 29.1. The number of carbonyl (C=O) groups is 1. The molecule has 0 aromatic carbocycles. The largest absolute Gasteiger partial charge is 0.464 e. The maximum Gasteiger partial charge on any atom is 0.255 e. The van der Waals surface area contributed by atoms with E-state index in [1.165, 1.54) is 26.2 Å². The lowest BCUT2D eigenvalue weighted by Gasteiger charge is -2.22. The summed E-state index contributed by atoms with van der Waals surface area (Å²) in [4.78, 5) is 17.4. The van der Waals surface area contributed by atoms with Crippen LogP contribution in [0.2, 0.25) is 0 Å². The third kappa shape index (κ3) is 4.34. The third-order valence-electron chi connectivity index (χ3n) is 5.98. The number of nitrogens with zero attached hydrogens (tertiary/aromatic N) is 4. The number of hydrogen-bond acceptors (Lipinski definition) is 7. The van der Waals surface area contributed by atoms with Crippen molar-refractivity contribution in [1.29, 1.82) is 5.26 Å². The number of alkyl halides is 1. The van der Waals surface area contributed by atoms with Crippen molar-refractivity contribution < 1.29 is 18.7 Å². The minimum Gasteiger partial charge on any atom is -0.464 e. The second kappa shape index (κ2) is 8.52. The van der Waals surface area contributed by atoms with Gasteiger partial charge in [-0.3, -0.25) is 9.78 Å². The first-order valence-electron chi connectivity index (χ1n) is 11.1. The molecular weight excluding hydrogens is 451 g/mol. The van der Waals surface area contributed by atoms with Crippen LogP contribution in [-0.4, -0.2) is 43.9 Å². The molecule has 0 unspecified atom stereocenters. The number of carbonyl (C=O) groups excluding carboxylic acids is 1. The van der Waals surface area contributed by atoms with Crippen molar-refractivity contribution in [2.45, 2.75) is 38.5 Å². The lowest BCUT2D eigenvalue weighted by molar-refractivity contribution is -0.00177. The molecule has 4 aromatic rings. The normalized spacial score (nSPS) is 13.6. The molecule has 2 bridgehead atoms. The van der Waals surface area contributed by atoms with Gasteiger partial charge in [0.15, 0.2) is 0 Å². The van der Waals surface area contributed by atoms with Crippen molar-refractivity contribution in [3.05, 3.63) is 65.4 Å². The molecule has 178 valence electrons. The molecule has 0 saturated heterocycles. The number of hydrogen-bond donors (Lipinski definition) is 3. The maximum atomic E-state index is 14.2.